The van der Waals surface area contributed by atoms with Crippen molar-refractivity contribution in [3.8, 4) is 0 Å². The van der Waals surface area contributed by atoms with Gasteiger partial charge in [0.2, 0.25) is 10.0 Å². The van der Waals surface area contributed by atoms with Crippen molar-refractivity contribution in [2.45, 2.75) is 50.7 Å². The van der Waals surface area contributed by atoms with Gasteiger partial charge in [-0.15, -0.1) is 0 Å². The van der Waals surface area contributed by atoms with Gasteiger partial charge in [-0.2, -0.15) is 0 Å². The molecule has 5 heteroatoms. The summed E-state index contributed by atoms with van der Waals surface area (Å²) >= 11 is 0. The summed E-state index contributed by atoms with van der Waals surface area (Å²) in [5.41, 5.74) is 0.715. The van der Waals surface area contributed by atoms with Crippen molar-refractivity contribution in [1.29, 1.82) is 0 Å². The zero-order valence-corrected chi connectivity index (χ0v) is 13.0. The molecule has 0 bridgehead atoms. The van der Waals surface area contributed by atoms with Crippen molar-refractivity contribution in [3.05, 3.63) is 29.8 Å². The van der Waals surface area contributed by atoms with Gasteiger partial charge in [0.1, 0.15) is 0 Å². The minimum atomic E-state index is -3.47. The maximum Gasteiger partial charge on any atom is 0.240 e. The van der Waals surface area contributed by atoms with E-state index in [2.05, 4.69) is 18.6 Å². The molecule has 4 nitrogen and oxygen atoms in total. The molecule has 0 amide bonds. The third kappa shape index (κ3) is 3.22. The van der Waals surface area contributed by atoms with Gasteiger partial charge in [0.05, 0.1) is 11.0 Å². The zero-order valence-electron chi connectivity index (χ0n) is 12.2. The summed E-state index contributed by atoms with van der Waals surface area (Å²) in [6, 6.07) is 6.42. The monoisotopic (exact) mass is 297 g/mol. The Bertz CT molecular complexity index is 551. The van der Waals surface area contributed by atoms with Crippen molar-refractivity contribution < 1.29 is 13.5 Å². The normalized spacial score (nSPS) is 28.5. The Kier molecular flexibility index (Phi) is 4.52. The molecular weight excluding hydrogens is 274 g/mol. The Morgan fingerprint density at radius 3 is 2.25 bits per heavy atom. The number of rotatable bonds is 4. The van der Waals surface area contributed by atoms with E-state index in [0.29, 0.717) is 17.4 Å². The first-order valence-electron chi connectivity index (χ1n) is 7.11. The van der Waals surface area contributed by atoms with Crippen LogP contribution in [-0.4, -0.2) is 19.6 Å². The van der Waals surface area contributed by atoms with Crippen LogP contribution in [0.4, 0.5) is 0 Å². The van der Waals surface area contributed by atoms with Gasteiger partial charge in [0.15, 0.2) is 0 Å². The van der Waals surface area contributed by atoms with Crippen molar-refractivity contribution in [2.24, 2.45) is 11.8 Å². The summed E-state index contributed by atoms with van der Waals surface area (Å²) in [6.45, 7) is 5.92. The molecule has 0 radical (unpaired) electrons. The Hall–Kier alpha value is -0.910. The van der Waals surface area contributed by atoms with E-state index in [9.17, 15) is 13.5 Å². The number of aliphatic hydroxyl groups is 1. The van der Waals surface area contributed by atoms with E-state index in [0.717, 1.165) is 12.8 Å². The minimum Gasteiger partial charge on any atom is -0.389 e. The van der Waals surface area contributed by atoms with Crippen LogP contribution in [0.15, 0.2) is 29.2 Å². The molecule has 4 unspecified atom stereocenters. The quantitative estimate of drug-likeness (QED) is 0.897. The number of hydrogen-bond acceptors (Lipinski definition) is 3. The average Bonchev–Trinajstić information content (AvgIpc) is 2.70. The molecule has 2 N–H and O–H groups in total. The van der Waals surface area contributed by atoms with E-state index in [1.54, 1.807) is 31.2 Å². The lowest BCUT2D eigenvalue weighted by atomic mass is 9.98. The topological polar surface area (TPSA) is 66.4 Å². The highest BCUT2D eigenvalue weighted by atomic mass is 32.2. The van der Waals surface area contributed by atoms with Crippen LogP contribution in [0.1, 0.15) is 45.3 Å². The summed E-state index contributed by atoms with van der Waals surface area (Å²) in [5.74, 6) is 0.918. The van der Waals surface area contributed by atoms with Crippen LogP contribution in [0.5, 0.6) is 0 Å². The summed E-state index contributed by atoms with van der Waals surface area (Å²) in [6.07, 6.45) is 1.37. The highest BCUT2D eigenvalue weighted by molar-refractivity contribution is 7.89. The highest BCUT2D eigenvalue weighted by Gasteiger charge is 2.32. The maximum absolute atomic E-state index is 12.3. The molecule has 20 heavy (non-hydrogen) atoms. The van der Waals surface area contributed by atoms with E-state index >= 15 is 0 Å². The third-order valence-corrected chi connectivity index (χ3v) is 5.95. The molecule has 112 valence electrons. The van der Waals surface area contributed by atoms with Crippen LogP contribution >= 0.6 is 0 Å². The lowest BCUT2D eigenvalue weighted by Gasteiger charge is -2.19. The number of nitrogens with one attached hydrogen (secondary N) is 1. The summed E-state index contributed by atoms with van der Waals surface area (Å²) < 4.78 is 27.5. The van der Waals surface area contributed by atoms with Crippen LogP contribution in [-0.2, 0) is 10.0 Å². The number of sulfonamides is 1. The van der Waals surface area contributed by atoms with Crippen LogP contribution in [0.3, 0.4) is 0 Å². The summed E-state index contributed by atoms with van der Waals surface area (Å²) in [4.78, 5) is 0.258. The van der Waals surface area contributed by atoms with Crippen molar-refractivity contribution in [2.75, 3.05) is 0 Å². The molecular formula is C15H23NO3S. The Labute approximate surface area is 121 Å². The van der Waals surface area contributed by atoms with Gasteiger partial charge in [-0.3, -0.25) is 0 Å². The van der Waals surface area contributed by atoms with Gasteiger partial charge >= 0.3 is 0 Å². The first-order chi connectivity index (χ1) is 9.31. The van der Waals surface area contributed by atoms with Gasteiger partial charge in [-0.05, 0) is 49.3 Å². The molecule has 1 fully saturated rings. The molecule has 0 saturated heterocycles. The molecule has 1 saturated carbocycles. The van der Waals surface area contributed by atoms with E-state index in [-0.39, 0.29) is 10.9 Å². The first kappa shape index (κ1) is 15.5. The lowest BCUT2D eigenvalue weighted by Crippen LogP contribution is -2.37. The molecule has 0 heterocycles. The van der Waals surface area contributed by atoms with Crippen molar-refractivity contribution >= 4 is 10.0 Å². The van der Waals surface area contributed by atoms with Gasteiger partial charge in [0.25, 0.3) is 0 Å². The molecule has 1 aromatic rings. The zero-order chi connectivity index (χ0) is 14.9. The SMILES string of the molecule is CC(O)c1ccc(S(=O)(=O)NC2CCC(C)C2C)cc1. The maximum atomic E-state index is 12.3. The predicted molar refractivity (Wildman–Crippen MR) is 78.7 cm³/mol. The molecule has 1 aliphatic carbocycles. The van der Waals surface area contributed by atoms with Crippen molar-refractivity contribution in [1.82, 2.24) is 4.72 Å². The fourth-order valence-electron chi connectivity index (χ4n) is 2.72. The number of hydrogen-bond donors (Lipinski definition) is 2. The second-order valence-corrected chi connectivity index (χ2v) is 7.60. The van der Waals surface area contributed by atoms with E-state index in [1.165, 1.54) is 0 Å². The number of benzene rings is 1. The molecule has 4 atom stereocenters. The van der Waals surface area contributed by atoms with Gasteiger partial charge in [-0.25, -0.2) is 13.1 Å². The molecule has 2 rings (SSSR count). The summed E-state index contributed by atoms with van der Waals surface area (Å²) in [5, 5.41) is 9.45. The van der Waals surface area contributed by atoms with Crippen LogP contribution in [0, 0.1) is 11.8 Å². The minimum absolute atomic E-state index is 0.0199. The fourth-order valence-corrected chi connectivity index (χ4v) is 4.09. The fraction of sp³-hybridized carbons (Fsp3) is 0.600. The first-order valence-corrected chi connectivity index (χ1v) is 8.60. The Morgan fingerprint density at radius 2 is 1.80 bits per heavy atom. The van der Waals surface area contributed by atoms with E-state index < -0.39 is 16.1 Å². The van der Waals surface area contributed by atoms with Gasteiger partial charge < -0.3 is 5.11 Å². The van der Waals surface area contributed by atoms with Crippen LogP contribution in [0.25, 0.3) is 0 Å². The second-order valence-electron chi connectivity index (χ2n) is 5.89. The average molecular weight is 297 g/mol. The lowest BCUT2D eigenvalue weighted by molar-refractivity contribution is 0.199. The van der Waals surface area contributed by atoms with Crippen LogP contribution < -0.4 is 4.72 Å². The van der Waals surface area contributed by atoms with E-state index in [4.69, 9.17) is 0 Å². The third-order valence-electron chi connectivity index (χ3n) is 4.44. The van der Waals surface area contributed by atoms with Crippen molar-refractivity contribution in [3.63, 3.8) is 0 Å². The van der Waals surface area contributed by atoms with Gasteiger partial charge in [0, 0.05) is 6.04 Å². The molecule has 0 aliphatic heterocycles. The largest absolute Gasteiger partial charge is 0.389 e. The molecule has 1 aliphatic rings. The Morgan fingerprint density at radius 1 is 1.20 bits per heavy atom. The summed E-state index contributed by atoms with van der Waals surface area (Å²) in [7, 11) is -3.47. The highest BCUT2D eigenvalue weighted by Crippen LogP contribution is 2.32. The molecule has 1 aromatic carbocycles. The smallest absolute Gasteiger partial charge is 0.240 e. The molecule has 0 aromatic heterocycles. The van der Waals surface area contributed by atoms with E-state index in [1.807, 2.05) is 0 Å². The number of aliphatic hydroxyl groups excluding tert-OH is 1. The Balaban J connectivity index is 2.14. The standard InChI is InChI=1S/C15H23NO3S/c1-10-4-9-15(11(10)2)16-20(18,19)14-7-5-13(6-8-14)12(3)17/h5-8,10-12,15-17H,4,9H2,1-3H3. The van der Waals surface area contributed by atoms with Crippen LogP contribution in [0.2, 0.25) is 0 Å². The van der Waals surface area contributed by atoms with Gasteiger partial charge in [-0.1, -0.05) is 26.0 Å². The molecule has 0 spiro atoms. The second kappa shape index (κ2) is 5.84. The predicted octanol–water partition coefficient (Wildman–Crippen LogP) is 2.45.